The molecule has 2 aliphatic heterocycles. The normalized spacial score (nSPS) is 16.0. The summed E-state index contributed by atoms with van der Waals surface area (Å²) in [5.74, 6) is 0.0146. The number of carbonyl (C=O) groups excluding carboxylic acids is 1. The Morgan fingerprint density at radius 1 is 0.797 bits per heavy atom. The largest absolute Gasteiger partial charge is 0.380 e. The molecule has 5 aromatic rings. The second-order valence-electron chi connectivity index (χ2n) is 17.5. The number of anilines is 2. The minimum Gasteiger partial charge on any atom is -0.380 e. The van der Waals surface area contributed by atoms with Crippen LogP contribution in [0.3, 0.4) is 0 Å². The molecule has 0 aromatic heterocycles. The number of halogens is 1. The van der Waals surface area contributed by atoms with Gasteiger partial charge in [-0.15, -0.1) is 11.8 Å². The van der Waals surface area contributed by atoms with Crippen LogP contribution >= 0.6 is 31.0 Å². The molecule has 2 N–H and O–H groups in total. The third-order valence-corrected chi connectivity index (χ3v) is 18.7. The summed E-state index contributed by atoms with van der Waals surface area (Å²) >= 11 is 7.79. The summed E-state index contributed by atoms with van der Waals surface area (Å²) in [6, 6.07) is 36.7. The zero-order chi connectivity index (χ0) is 49.0. The fourth-order valence-corrected chi connectivity index (χ4v) is 14.0. The number of nitrogens with zero attached hydrogens (tertiary/aromatic N) is 3. The van der Waals surface area contributed by atoms with Gasteiger partial charge in [0.1, 0.15) is 0 Å². The number of likely N-dealkylation sites (tertiary alicyclic amines) is 1. The number of sulfonamides is 1. The summed E-state index contributed by atoms with van der Waals surface area (Å²) in [5, 5.41) is 4.15. The monoisotopic (exact) mass is 1040 g/mol. The number of carbonyl (C=O) groups is 1. The quantitative estimate of drug-likeness (QED) is 0.0500. The molecular formula is C51H63ClN5O8PS3. The summed E-state index contributed by atoms with van der Waals surface area (Å²) in [6.07, 6.45) is 3.84. The van der Waals surface area contributed by atoms with E-state index in [4.69, 9.17) is 20.6 Å². The average molecular weight is 1040 g/mol. The van der Waals surface area contributed by atoms with Crippen LogP contribution in [0.25, 0.3) is 11.1 Å². The molecule has 0 unspecified atom stereocenters. The molecule has 2 saturated heterocycles. The van der Waals surface area contributed by atoms with E-state index in [1.165, 1.54) is 23.3 Å². The second kappa shape index (κ2) is 24.3. The molecule has 1 atom stereocenters. The highest BCUT2D eigenvalue weighted by Crippen LogP contribution is 2.51. The third-order valence-electron chi connectivity index (χ3n) is 12.5. The average Bonchev–Trinajstić information content (AvgIpc) is 3.33. The van der Waals surface area contributed by atoms with E-state index in [-0.39, 0.29) is 33.0 Å². The van der Waals surface area contributed by atoms with Crippen molar-refractivity contribution in [2.45, 2.75) is 60.4 Å². The van der Waals surface area contributed by atoms with Crippen LogP contribution in [0.1, 0.15) is 49.0 Å². The van der Waals surface area contributed by atoms with E-state index in [0.29, 0.717) is 36.6 Å². The number of sulfone groups is 1. The molecule has 5 aromatic carbocycles. The topological polar surface area (TPSA) is 155 Å². The van der Waals surface area contributed by atoms with Crippen molar-refractivity contribution in [2.24, 2.45) is 5.92 Å². The van der Waals surface area contributed by atoms with Gasteiger partial charge in [-0.25, -0.2) is 21.6 Å². The summed E-state index contributed by atoms with van der Waals surface area (Å²) < 4.78 is 80.5. The highest BCUT2D eigenvalue weighted by Gasteiger charge is 2.31. The Balaban J connectivity index is 0.962. The van der Waals surface area contributed by atoms with Crippen LogP contribution in [0.2, 0.25) is 5.02 Å². The van der Waals surface area contributed by atoms with Crippen LogP contribution in [-0.4, -0.2) is 116 Å². The van der Waals surface area contributed by atoms with Crippen LogP contribution in [0, 0.1) is 5.92 Å². The van der Waals surface area contributed by atoms with Crippen molar-refractivity contribution >= 4 is 68.1 Å². The van der Waals surface area contributed by atoms with Gasteiger partial charge in [0, 0.05) is 78.5 Å². The number of piperidine rings is 1. The standard InChI is InChI=1S/C51H63ClN5O8PS3/c1-4-64-66(59,65-5-2)37-39-25-28-55(29-26-39)30-27-44(38-67-46-12-7-6-8-13-46)53-49-24-23-47(35-50(49)68(3,60)61)69(62,63)54-51(58)41-17-21-45(22-18-41)57-33-31-56(32-34-57)36-42-11-9-10-14-48(42)40-15-19-43(52)20-16-40/h6-24,35,39,44,53H,4-5,25-34,36-38H2,1-3H3,(H,54,58)/t44-/m1/s1. The molecule has 0 saturated carbocycles. The minimum atomic E-state index is -4.47. The first-order chi connectivity index (χ1) is 33.1. The van der Waals surface area contributed by atoms with Crippen LogP contribution < -0.4 is 14.9 Å². The zero-order valence-electron chi connectivity index (χ0n) is 39.5. The summed E-state index contributed by atoms with van der Waals surface area (Å²) in [6.45, 7) is 10.7. The van der Waals surface area contributed by atoms with Gasteiger partial charge in [-0.3, -0.25) is 14.3 Å². The first-order valence-electron chi connectivity index (χ1n) is 23.5. The molecule has 0 spiro atoms. The minimum absolute atomic E-state index is 0.153. The number of thioether (sulfide) groups is 1. The molecule has 370 valence electrons. The molecule has 2 fully saturated rings. The van der Waals surface area contributed by atoms with Gasteiger partial charge in [0.2, 0.25) is 0 Å². The van der Waals surface area contributed by atoms with Crippen LogP contribution in [-0.2, 0) is 40.0 Å². The number of piperazine rings is 1. The van der Waals surface area contributed by atoms with E-state index >= 15 is 0 Å². The molecule has 18 heteroatoms. The van der Waals surface area contributed by atoms with Gasteiger partial charge in [0.05, 0.1) is 34.9 Å². The first-order valence-corrected chi connectivity index (χ1v) is 30.0. The Hall–Kier alpha value is -4.22. The summed E-state index contributed by atoms with van der Waals surface area (Å²) in [7, 11) is -11.5. The van der Waals surface area contributed by atoms with Gasteiger partial charge >= 0.3 is 7.60 Å². The maximum absolute atomic E-state index is 13.7. The summed E-state index contributed by atoms with van der Waals surface area (Å²) in [4.78, 5) is 21.0. The lowest BCUT2D eigenvalue weighted by molar-refractivity contribution is 0.0981. The lowest BCUT2D eigenvalue weighted by atomic mass is 9.98. The third kappa shape index (κ3) is 14.9. The maximum atomic E-state index is 13.7. The number of nitrogens with one attached hydrogen (secondary N) is 2. The van der Waals surface area contributed by atoms with Gasteiger partial charge in [0.25, 0.3) is 15.9 Å². The van der Waals surface area contributed by atoms with Crippen LogP contribution in [0.15, 0.2) is 136 Å². The lowest BCUT2D eigenvalue weighted by Crippen LogP contribution is -2.46. The smallest absolute Gasteiger partial charge is 0.330 e. The van der Waals surface area contributed by atoms with Gasteiger partial charge in [-0.1, -0.05) is 66.2 Å². The summed E-state index contributed by atoms with van der Waals surface area (Å²) in [5.41, 5.74) is 4.90. The van der Waals surface area contributed by atoms with Gasteiger partial charge < -0.3 is 24.2 Å². The first kappa shape index (κ1) is 52.6. The molecule has 0 aliphatic carbocycles. The van der Waals surface area contributed by atoms with Crippen LogP contribution in [0.5, 0.6) is 0 Å². The van der Waals surface area contributed by atoms with Crippen molar-refractivity contribution in [1.29, 1.82) is 0 Å². The predicted molar refractivity (Wildman–Crippen MR) is 279 cm³/mol. The van der Waals surface area contributed by atoms with E-state index in [0.717, 1.165) is 93.7 Å². The number of hydrogen-bond donors (Lipinski definition) is 2. The molecule has 0 radical (unpaired) electrons. The molecule has 69 heavy (non-hydrogen) atoms. The SMILES string of the molecule is CCOP(=O)(CC1CCN(CC[C@H](CSc2ccccc2)Nc2ccc(S(=O)(=O)NC(=O)c3ccc(N4CCN(Cc5ccccc5-c5ccc(Cl)cc5)CC4)cc3)cc2S(C)(=O)=O)CC1)OCC. The highest BCUT2D eigenvalue weighted by molar-refractivity contribution is 7.99. The molecule has 1 amide bonds. The van der Waals surface area contributed by atoms with E-state index in [9.17, 15) is 26.2 Å². The highest BCUT2D eigenvalue weighted by atomic mass is 35.5. The van der Waals surface area contributed by atoms with E-state index < -0.39 is 33.4 Å². The maximum Gasteiger partial charge on any atom is 0.330 e. The fraction of sp³-hybridized carbons (Fsp3) is 0.392. The molecule has 2 heterocycles. The predicted octanol–water partition coefficient (Wildman–Crippen LogP) is 9.79. The Labute approximate surface area is 417 Å². The molecule has 13 nitrogen and oxygen atoms in total. The fourth-order valence-electron chi connectivity index (χ4n) is 8.85. The van der Waals surface area contributed by atoms with Gasteiger partial charge in [-0.2, -0.15) is 0 Å². The van der Waals surface area contributed by atoms with E-state index in [2.05, 4.69) is 42.9 Å². The number of rotatable bonds is 22. The van der Waals surface area contributed by atoms with Crippen molar-refractivity contribution < 1.29 is 35.2 Å². The van der Waals surface area contributed by atoms with Crippen molar-refractivity contribution in [3.63, 3.8) is 0 Å². The molecular weight excluding hydrogens is 973 g/mol. The molecule has 0 bridgehead atoms. The molecule has 7 rings (SSSR count). The Morgan fingerprint density at radius 2 is 1.45 bits per heavy atom. The van der Waals surface area contributed by atoms with Crippen LogP contribution in [0.4, 0.5) is 11.4 Å². The Kier molecular flexibility index (Phi) is 18.5. The van der Waals surface area contributed by atoms with E-state index in [1.54, 1.807) is 23.9 Å². The van der Waals surface area contributed by atoms with Crippen molar-refractivity contribution in [3.8, 4) is 11.1 Å². The van der Waals surface area contributed by atoms with Gasteiger partial charge in [-0.05, 0) is 136 Å². The molecule has 2 aliphatic rings. The van der Waals surface area contributed by atoms with Gasteiger partial charge in [0.15, 0.2) is 9.84 Å². The Bertz CT molecular complexity index is 2750. The van der Waals surface area contributed by atoms with E-state index in [1.807, 2.05) is 86.6 Å². The zero-order valence-corrected chi connectivity index (χ0v) is 43.6. The van der Waals surface area contributed by atoms with Crippen molar-refractivity contribution in [3.05, 3.63) is 137 Å². The number of amides is 1. The second-order valence-corrected chi connectivity index (χ2v) is 24.8. The Morgan fingerprint density at radius 3 is 2.10 bits per heavy atom. The number of hydrogen-bond acceptors (Lipinski definition) is 13. The lowest BCUT2D eigenvalue weighted by Gasteiger charge is -2.36. The number of benzene rings is 5. The van der Waals surface area contributed by atoms with Crippen molar-refractivity contribution in [1.82, 2.24) is 14.5 Å². The van der Waals surface area contributed by atoms with Crippen molar-refractivity contribution in [2.75, 3.05) is 87.4 Å².